The van der Waals surface area contributed by atoms with E-state index >= 15 is 0 Å². The summed E-state index contributed by atoms with van der Waals surface area (Å²) in [6, 6.07) is 16.8. The minimum Gasteiger partial charge on any atom is -0.272 e. The number of rotatable bonds is 4. The van der Waals surface area contributed by atoms with E-state index in [4.69, 9.17) is 11.6 Å². The van der Waals surface area contributed by atoms with Crippen molar-refractivity contribution in [2.75, 3.05) is 5.43 Å². The summed E-state index contributed by atoms with van der Waals surface area (Å²) in [6.07, 6.45) is 6.16. The minimum atomic E-state index is -0.687. The summed E-state index contributed by atoms with van der Waals surface area (Å²) in [4.78, 5) is 30.8. The molecule has 4 aromatic rings. The van der Waals surface area contributed by atoms with Gasteiger partial charge in [-0.3, -0.25) is 15.0 Å². The van der Waals surface area contributed by atoms with Crippen LogP contribution >= 0.6 is 11.6 Å². The summed E-state index contributed by atoms with van der Waals surface area (Å²) in [7, 11) is 0. The Bertz CT molecular complexity index is 1310. The van der Waals surface area contributed by atoms with Gasteiger partial charge in [0, 0.05) is 5.02 Å². The standard InChI is InChI=1S/C23H20ClN5O2/c24-17-10-8-16(9-11-17)23(12-4-5-13-23)22(31)27-28-15-25-20-19(21(28)30)14-26-29(20)18-6-2-1-3-7-18/h1-3,6-11,14-15H,4-5,12-13H2,(H,27,31). The highest BCUT2D eigenvalue weighted by Crippen LogP contribution is 2.41. The van der Waals surface area contributed by atoms with Gasteiger partial charge in [0.1, 0.15) is 11.7 Å². The lowest BCUT2D eigenvalue weighted by Crippen LogP contribution is -2.44. The fourth-order valence-electron chi connectivity index (χ4n) is 4.36. The second kappa shape index (κ2) is 7.67. The van der Waals surface area contributed by atoms with Crippen molar-refractivity contribution in [2.24, 2.45) is 0 Å². The molecule has 1 fully saturated rings. The predicted molar refractivity (Wildman–Crippen MR) is 119 cm³/mol. The molecule has 8 heteroatoms. The summed E-state index contributed by atoms with van der Waals surface area (Å²) >= 11 is 6.03. The molecule has 0 unspecified atom stereocenters. The SMILES string of the molecule is O=C(Nn1cnc2c(cnn2-c2ccccc2)c1=O)C1(c2ccc(Cl)cc2)CCCC1. The fourth-order valence-corrected chi connectivity index (χ4v) is 4.49. The zero-order chi connectivity index (χ0) is 21.4. The Hall–Kier alpha value is -3.45. The molecule has 1 aliphatic carbocycles. The molecule has 0 spiro atoms. The Labute approximate surface area is 183 Å². The molecule has 156 valence electrons. The van der Waals surface area contributed by atoms with E-state index in [0.717, 1.165) is 41.6 Å². The summed E-state index contributed by atoms with van der Waals surface area (Å²) in [6.45, 7) is 0. The van der Waals surface area contributed by atoms with Crippen molar-refractivity contribution in [1.82, 2.24) is 19.4 Å². The van der Waals surface area contributed by atoms with Gasteiger partial charge in [-0.25, -0.2) is 14.3 Å². The number of aromatic nitrogens is 4. The monoisotopic (exact) mass is 433 g/mol. The normalized spacial score (nSPS) is 15.3. The van der Waals surface area contributed by atoms with Crippen LogP contribution in [-0.2, 0) is 10.2 Å². The Morgan fingerprint density at radius 2 is 1.74 bits per heavy atom. The van der Waals surface area contributed by atoms with E-state index in [1.54, 1.807) is 16.8 Å². The molecule has 1 amide bonds. The van der Waals surface area contributed by atoms with Crippen LogP contribution in [0.4, 0.5) is 0 Å². The summed E-state index contributed by atoms with van der Waals surface area (Å²) in [5, 5.41) is 5.26. The Morgan fingerprint density at radius 3 is 2.45 bits per heavy atom. The molecule has 31 heavy (non-hydrogen) atoms. The van der Waals surface area contributed by atoms with Crippen molar-refractivity contribution < 1.29 is 4.79 Å². The van der Waals surface area contributed by atoms with E-state index in [1.807, 2.05) is 42.5 Å². The molecule has 0 saturated heterocycles. The molecule has 0 bridgehead atoms. The van der Waals surface area contributed by atoms with Gasteiger partial charge in [-0.15, -0.1) is 0 Å². The van der Waals surface area contributed by atoms with Crippen molar-refractivity contribution in [3.8, 4) is 5.69 Å². The lowest BCUT2D eigenvalue weighted by Gasteiger charge is -2.28. The molecule has 2 heterocycles. The van der Waals surface area contributed by atoms with Crippen LogP contribution in [0.15, 0.2) is 71.9 Å². The Morgan fingerprint density at radius 1 is 1.03 bits per heavy atom. The van der Waals surface area contributed by atoms with Crippen molar-refractivity contribution in [3.05, 3.63) is 88.1 Å². The van der Waals surface area contributed by atoms with Gasteiger partial charge >= 0.3 is 0 Å². The smallest absolute Gasteiger partial charge is 0.272 e. The van der Waals surface area contributed by atoms with E-state index < -0.39 is 5.41 Å². The van der Waals surface area contributed by atoms with E-state index in [2.05, 4.69) is 15.5 Å². The van der Waals surface area contributed by atoms with E-state index in [9.17, 15) is 9.59 Å². The molecule has 0 radical (unpaired) electrons. The second-order valence-electron chi connectivity index (χ2n) is 7.79. The first-order chi connectivity index (χ1) is 15.1. The van der Waals surface area contributed by atoms with Gasteiger partial charge in [-0.2, -0.15) is 5.10 Å². The zero-order valence-electron chi connectivity index (χ0n) is 16.7. The van der Waals surface area contributed by atoms with Crippen LogP contribution in [0.25, 0.3) is 16.7 Å². The minimum absolute atomic E-state index is 0.217. The van der Waals surface area contributed by atoms with Gasteiger partial charge in [0.05, 0.1) is 17.3 Å². The van der Waals surface area contributed by atoms with Crippen LogP contribution < -0.4 is 11.0 Å². The van der Waals surface area contributed by atoms with Crippen molar-refractivity contribution >= 4 is 28.5 Å². The van der Waals surface area contributed by atoms with E-state index in [1.165, 1.54) is 12.5 Å². The highest BCUT2D eigenvalue weighted by Gasteiger charge is 2.43. The average molecular weight is 434 g/mol. The molecular formula is C23H20ClN5O2. The molecule has 7 nitrogen and oxygen atoms in total. The number of para-hydroxylation sites is 1. The van der Waals surface area contributed by atoms with Gasteiger partial charge in [-0.1, -0.05) is 54.8 Å². The van der Waals surface area contributed by atoms with E-state index in [-0.39, 0.29) is 11.5 Å². The highest BCUT2D eigenvalue weighted by molar-refractivity contribution is 6.30. The highest BCUT2D eigenvalue weighted by atomic mass is 35.5. The molecule has 5 rings (SSSR count). The molecule has 2 aromatic carbocycles. The molecular weight excluding hydrogens is 414 g/mol. The number of carbonyl (C=O) groups excluding carboxylic acids is 1. The number of hydrogen-bond donors (Lipinski definition) is 1. The number of halogens is 1. The summed E-state index contributed by atoms with van der Waals surface area (Å²) in [5.74, 6) is -0.217. The lowest BCUT2D eigenvalue weighted by atomic mass is 9.78. The van der Waals surface area contributed by atoms with Gasteiger partial charge in [-0.05, 0) is 42.7 Å². The number of carbonyl (C=O) groups is 1. The molecule has 1 aliphatic rings. The summed E-state index contributed by atoms with van der Waals surface area (Å²) < 4.78 is 2.76. The first-order valence-electron chi connectivity index (χ1n) is 10.2. The van der Waals surface area contributed by atoms with E-state index in [0.29, 0.717) is 16.1 Å². The maximum absolute atomic E-state index is 13.4. The topological polar surface area (TPSA) is 81.8 Å². The van der Waals surface area contributed by atoms with Crippen molar-refractivity contribution in [3.63, 3.8) is 0 Å². The number of benzene rings is 2. The van der Waals surface area contributed by atoms with Crippen LogP contribution in [0.3, 0.4) is 0 Å². The summed E-state index contributed by atoms with van der Waals surface area (Å²) in [5.41, 5.74) is 3.87. The quantitative estimate of drug-likeness (QED) is 0.530. The Kier molecular flexibility index (Phi) is 4.82. The number of nitrogens with one attached hydrogen (secondary N) is 1. The largest absolute Gasteiger partial charge is 0.283 e. The molecule has 0 aliphatic heterocycles. The van der Waals surface area contributed by atoms with Gasteiger partial charge in [0.25, 0.3) is 5.56 Å². The van der Waals surface area contributed by atoms with Crippen molar-refractivity contribution in [1.29, 1.82) is 0 Å². The third kappa shape index (κ3) is 3.31. The zero-order valence-corrected chi connectivity index (χ0v) is 17.4. The fraction of sp³-hybridized carbons (Fsp3) is 0.217. The van der Waals surface area contributed by atoms with Crippen LogP contribution in [0.1, 0.15) is 31.2 Å². The first kappa shape index (κ1) is 19.5. The number of nitrogens with zero attached hydrogens (tertiary/aromatic N) is 4. The lowest BCUT2D eigenvalue weighted by molar-refractivity contribution is -0.122. The van der Waals surface area contributed by atoms with Crippen LogP contribution in [0, 0.1) is 0 Å². The molecule has 0 atom stereocenters. The van der Waals surface area contributed by atoms with Crippen LogP contribution in [0.2, 0.25) is 5.02 Å². The first-order valence-corrected chi connectivity index (χ1v) is 10.5. The third-order valence-corrected chi connectivity index (χ3v) is 6.25. The number of hydrogen-bond acceptors (Lipinski definition) is 4. The predicted octanol–water partition coefficient (Wildman–Crippen LogP) is 3.82. The third-order valence-electron chi connectivity index (χ3n) is 6.00. The van der Waals surface area contributed by atoms with Gasteiger partial charge in [0.15, 0.2) is 5.65 Å². The van der Waals surface area contributed by atoms with Gasteiger partial charge in [0.2, 0.25) is 5.91 Å². The molecule has 2 aromatic heterocycles. The Balaban J connectivity index is 1.50. The maximum atomic E-state index is 13.4. The number of amides is 1. The van der Waals surface area contributed by atoms with Crippen LogP contribution in [-0.4, -0.2) is 25.3 Å². The molecule has 1 saturated carbocycles. The second-order valence-corrected chi connectivity index (χ2v) is 8.22. The average Bonchev–Trinajstić information content (AvgIpc) is 3.45. The molecule has 1 N–H and O–H groups in total. The van der Waals surface area contributed by atoms with Gasteiger partial charge < -0.3 is 0 Å². The number of fused-ring (bicyclic) bond motifs is 1. The maximum Gasteiger partial charge on any atom is 0.283 e. The van der Waals surface area contributed by atoms with Crippen LogP contribution in [0.5, 0.6) is 0 Å². The van der Waals surface area contributed by atoms with Crippen molar-refractivity contribution in [2.45, 2.75) is 31.1 Å².